The van der Waals surface area contributed by atoms with Crippen LogP contribution in [0, 0.1) is 0 Å². The number of carbonyl (C=O) groups is 2. The molecule has 0 bridgehead atoms. The van der Waals surface area contributed by atoms with Crippen molar-refractivity contribution in [2.45, 2.75) is 19.6 Å². The second-order valence-corrected chi connectivity index (χ2v) is 13.0. The molecule has 1 aliphatic carbocycles. The van der Waals surface area contributed by atoms with E-state index in [-0.39, 0.29) is 11.6 Å². The third kappa shape index (κ3) is 3.75. The highest BCUT2D eigenvalue weighted by Crippen LogP contribution is 2.53. The van der Waals surface area contributed by atoms with Crippen LogP contribution in [-0.4, -0.2) is 11.6 Å². The van der Waals surface area contributed by atoms with Crippen LogP contribution >= 0.6 is 23.5 Å². The summed E-state index contributed by atoms with van der Waals surface area (Å²) in [6.45, 7) is 0. The maximum absolute atomic E-state index is 14.1. The van der Waals surface area contributed by atoms with Gasteiger partial charge >= 0.3 is 0 Å². The lowest BCUT2D eigenvalue weighted by atomic mass is 9.83. The summed E-state index contributed by atoms with van der Waals surface area (Å²) in [7, 11) is 0. The van der Waals surface area contributed by atoms with E-state index in [4.69, 9.17) is 0 Å². The summed E-state index contributed by atoms with van der Waals surface area (Å²) >= 11 is 3.48. The molecular formula is C38H22N2O2S2. The molecule has 2 heterocycles. The van der Waals surface area contributed by atoms with E-state index < -0.39 is 0 Å². The van der Waals surface area contributed by atoms with Crippen LogP contribution in [0.25, 0.3) is 0 Å². The van der Waals surface area contributed by atoms with Crippen LogP contribution in [0.15, 0.2) is 153 Å². The molecule has 3 aliphatic rings. The quantitative estimate of drug-likeness (QED) is 0.196. The third-order valence-corrected chi connectivity index (χ3v) is 10.6. The van der Waals surface area contributed by atoms with Crippen molar-refractivity contribution < 1.29 is 9.59 Å². The molecule has 0 saturated heterocycles. The first-order valence-corrected chi connectivity index (χ1v) is 16.0. The summed E-state index contributed by atoms with van der Waals surface area (Å²) in [5.74, 6) is -0.267. The molecule has 2 aliphatic heterocycles. The number of ketones is 2. The van der Waals surface area contributed by atoms with E-state index in [0.717, 1.165) is 53.7 Å². The summed E-state index contributed by atoms with van der Waals surface area (Å²) in [6, 6.07) is 44.4. The van der Waals surface area contributed by atoms with Gasteiger partial charge < -0.3 is 9.80 Å². The molecule has 6 aromatic rings. The second kappa shape index (κ2) is 9.74. The van der Waals surface area contributed by atoms with Crippen LogP contribution in [-0.2, 0) is 0 Å². The first kappa shape index (κ1) is 25.5. The maximum Gasteiger partial charge on any atom is 0.194 e. The predicted molar refractivity (Wildman–Crippen MR) is 177 cm³/mol. The lowest BCUT2D eigenvalue weighted by Crippen LogP contribution is -2.23. The minimum Gasteiger partial charge on any atom is -0.308 e. The smallest absolute Gasteiger partial charge is 0.194 e. The van der Waals surface area contributed by atoms with Crippen LogP contribution in [0.4, 0.5) is 34.1 Å². The normalized spacial score (nSPS) is 14.2. The van der Waals surface area contributed by atoms with E-state index >= 15 is 0 Å². The fourth-order valence-corrected chi connectivity index (χ4v) is 8.49. The number of carbonyl (C=O) groups excluding carboxylic acids is 2. The molecule has 0 N–H and O–H groups in total. The molecule has 9 rings (SSSR count). The van der Waals surface area contributed by atoms with Crippen molar-refractivity contribution in [1.82, 2.24) is 0 Å². The number of fused-ring (bicyclic) bond motifs is 6. The fourth-order valence-electron chi connectivity index (χ4n) is 6.37. The zero-order valence-corrected chi connectivity index (χ0v) is 24.9. The van der Waals surface area contributed by atoms with Gasteiger partial charge in [0.25, 0.3) is 0 Å². The lowest BCUT2D eigenvalue weighted by Gasteiger charge is -2.34. The number of para-hydroxylation sites is 4. The van der Waals surface area contributed by atoms with Crippen LogP contribution in [0.1, 0.15) is 31.8 Å². The summed E-state index contributed by atoms with van der Waals surface area (Å²) in [6.07, 6.45) is 0. The molecular weight excluding hydrogens is 581 g/mol. The van der Waals surface area contributed by atoms with E-state index in [1.165, 1.54) is 0 Å². The van der Waals surface area contributed by atoms with Gasteiger partial charge in [-0.25, -0.2) is 0 Å². The Morgan fingerprint density at radius 3 is 1.02 bits per heavy atom. The Labute approximate surface area is 263 Å². The Morgan fingerprint density at radius 1 is 0.364 bits per heavy atom. The average Bonchev–Trinajstić information content (AvgIpc) is 3.08. The molecule has 0 amide bonds. The van der Waals surface area contributed by atoms with E-state index in [1.807, 2.05) is 84.9 Å². The Hall–Kier alpha value is -5.04. The molecule has 0 radical (unpaired) electrons. The van der Waals surface area contributed by atoms with Crippen LogP contribution in [0.5, 0.6) is 0 Å². The number of benzene rings is 6. The fraction of sp³-hybridized carbons (Fsp3) is 0. The van der Waals surface area contributed by atoms with Crippen molar-refractivity contribution in [3.8, 4) is 0 Å². The molecule has 6 heteroatoms. The minimum atomic E-state index is -0.133. The third-order valence-electron chi connectivity index (χ3n) is 8.37. The zero-order chi connectivity index (χ0) is 29.4. The van der Waals surface area contributed by atoms with Crippen LogP contribution < -0.4 is 9.80 Å². The monoisotopic (exact) mass is 602 g/mol. The molecule has 6 aromatic carbocycles. The van der Waals surface area contributed by atoms with Crippen molar-refractivity contribution >= 4 is 69.2 Å². The highest BCUT2D eigenvalue weighted by atomic mass is 32.2. The van der Waals surface area contributed by atoms with E-state index in [1.54, 1.807) is 23.5 Å². The summed E-state index contributed by atoms with van der Waals surface area (Å²) in [5.41, 5.74) is 7.65. The Morgan fingerprint density at radius 2 is 0.682 bits per heavy atom. The zero-order valence-electron chi connectivity index (χ0n) is 23.2. The maximum atomic E-state index is 14.1. The molecule has 44 heavy (non-hydrogen) atoms. The minimum absolute atomic E-state index is 0.133. The number of hydrogen-bond acceptors (Lipinski definition) is 6. The van der Waals surface area contributed by atoms with Gasteiger partial charge in [0.15, 0.2) is 11.6 Å². The molecule has 0 saturated carbocycles. The van der Waals surface area contributed by atoms with Crippen LogP contribution in [0.2, 0.25) is 0 Å². The van der Waals surface area contributed by atoms with E-state index in [9.17, 15) is 9.59 Å². The first-order chi connectivity index (χ1) is 21.7. The van der Waals surface area contributed by atoms with Gasteiger partial charge in [-0.3, -0.25) is 9.59 Å². The van der Waals surface area contributed by atoms with Gasteiger partial charge in [0.2, 0.25) is 0 Å². The summed E-state index contributed by atoms with van der Waals surface area (Å²) in [4.78, 5) is 37.1. The van der Waals surface area contributed by atoms with Gasteiger partial charge in [-0.05, 0) is 84.9 Å². The van der Waals surface area contributed by atoms with E-state index in [0.29, 0.717) is 22.3 Å². The topological polar surface area (TPSA) is 40.6 Å². The van der Waals surface area contributed by atoms with Gasteiger partial charge in [-0.1, -0.05) is 72.1 Å². The molecule has 0 unspecified atom stereocenters. The van der Waals surface area contributed by atoms with Gasteiger partial charge in [-0.2, -0.15) is 0 Å². The van der Waals surface area contributed by atoms with Gasteiger partial charge in [0, 0.05) is 53.2 Å². The van der Waals surface area contributed by atoms with Crippen molar-refractivity contribution in [3.63, 3.8) is 0 Å². The van der Waals surface area contributed by atoms with Crippen LogP contribution in [0.3, 0.4) is 0 Å². The lowest BCUT2D eigenvalue weighted by molar-refractivity contribution is 0.0979. The highest BCUT2D eigenvalue weighted by molar-refractivity contribution is 8.00. The average molecular weight is 603 g/mol. The molecule has 0 atom stereocenters. The Bertz CT molecular complexity index is 1960. The SMILES string of the molecule is O=C1c2ccc(N3c4ccccc4Sc4ccccc43)cc2C(=O)c2ccc(N3c4ccccc4Sc4ccccc43)cc21. The molecule has 0 fully saturated rings. The second-order valence-electron chi connectivity index (χ2n) is 10.9. The predicted octanol–water partition coefficient (Wildman–Crippen LogP) is 10.3. The van der Waals surface area contributed by atoms with Crippen molar-refractivity contribution in [1.29, 1.82) is 0 Å². The van der Waals surface area contributed by atoms with Gasteiger partial charge in [-0.15, -0.1) is 0 Å². The number of nitrogens with zero attached hydrogens (tertiary/aromatic N) is 2. The molecule has 0 aromatic heterocycles. The standard InChI is InChI=1S/C38H22N2O2S2/c41-37-26-20-18-24(40-31-11-3-7-15-35(31)44-36-16-8-4-12-32(36)40)22-28(26)38(42)25-19-17-23(21-27(25)37)39-29-9-1-5-13-33(29)43-34-14-6-2-10-30(34)39/h1-22H. The van der Waals surface area contributed by atoms with Crippen molar-refractivity contribution in [2.75, 3.05) is 9.80 Å². The largest absolute Gasteiger partial charge is 0.308 e. The van der Waals surface area contributed by atoms with E-state index in [2.05, 4.69) is 58.3 Å². The number of anilines is 6. The molecule has 0 spiro atoms. The Balaban J connectivity index is 1.15. The number of hydrogen-bond donors (Lipinski definition) is 0. The first-order valence-electron chi connectivity index (χ1n) is 14.4. The van der Waals surface area contributed by atoms with Gasteiger partial charge in [0.05, 0.1) is 22.7 Å². The summed E-state index contributed by atoms with van der Waals surface area (Å²) in [5, 5.41) is 0. The van der Waals surface area contributed by atoms with Gasteiger partial charge in [0.1, 0.15) is 0 Å². The van der Waals surface area contributed by atoms with Crippen molar-refractivity contribution in [3.05, 3.63) is 156 Å². The number of rotatable bonds is 2. The highest BCUT2D eigenvalue weighted by Gasteiger charge is 2.33. The summed E-state index contributed by atoms with van der Waals surface area (Å²) < 4.78 is 0. The van der Waals surface area contributed by atoms with Crippen molar-refractivity contribution in [2.24, 2.45) is 0 Å². The Kier molecular flexibility index (Phi) is 5.64. The molecule has 4 nitrogen and oxygen atoms in total. The molecule has 208 valence electrons.